The van der Waals surface area contributed by atoms with Crippen LogP contribution in [0.2, 0.25) is 0 Å². The molecule has 0 fully saturated rings. The summed E-state index contributed by atoms with van der Waals surface area (Å²) < 4.78 is 1.51. The molecular formula is C14H18N4O. The summed E-state index contributed by atoms with van der Waals surface area (Å²) in [7, 11) is 0. The number of hydrogen-bond acceptors (Lipinski definition) is 3. The molecule has 5 nitrogen and oxygen atoms in total. The summed E-state index contributed by atoms with van der Waals surface area (Å²) in [5.41, 5.74) is 3.26. The van der Waals surface area contributed by atoms with E-state index in [1.165, 1.54) is 17.3 Å². The molecule has 1 N–H and O–H groups in total. The molecular weight excluding hydrogens is 240 g/mol. The van der Waals surface area contributed by atoms with E-state index in [0.717, 1.165) is 29.7 Å². The fraction of sp³-hybridized carbons (Fsp3) is 0.357. The van der Waals surface area contributed by atoms with E-state index in [0.29, 0.717) is 0 Å². The molecule has 0 bridgehead atoms. The van der Waals surface area contributed by atoms with Crippen LogP contribution in [0.3, 0.4) is 0 Å². The molecule has 1 aromatic heterocycles. The molecule has 0 unspecified atom stereocenters. The number of benzene rings is 1. The lowest BCUT2D eigenvalue weighted by molar-refractivity contribution is -0.116. The van der Waals surface area contributed by atoms with E-state index >= 15 is 0 Å². The monoisotopic (exact) mass is 258 g/mol. The van der Waals surface area contributed by atoms with Crippen molar-refractivity contribution in [3.05, 3.63) is 42.0 Å². The minimum atomic E-state index is -0.0823. The number of nitrogens with zero attached hydrogens (tertiary/aromatic N) is 3. The minimum absolute atomic E-state index is 0.0823. The van der Waals surface area contributed by atoms with Gasteiger partial charge in [0.15, 0.2) is 0 Å². The summed E-state index contributed by atoms with van der Waals surface area (Å²) in [6.07, 6.45) is 4.75. The molecule has 0 saturated carbocycles. The zero-order valence-electron chi connectivity index (χ0n) is 11.3. The number of amides is 1. The average molecular weight is 258 g/mol. The molecule has 2 rings (SSSR count). The number of rotatable bonds is 5. The summed E-state index contributed by atoms with van der Waals surface area (Å²) in [6, 6.07) is 6.12. The maximum atomic E-state index is 12.0. The molecule has 5 heteroatoms. The number of aryl methyl sites for hydroxylation is 2. The highest BCUT2D eigenvalue weighted by Gasteiger charge is 2.10. The third-order valence-corrected chi connectivity index (χ3v) is 3.04. The quantitative estimate of drug-likeness (QED) is 0.892. The van der Waals surface area contributed by atoms with Gasteiger partial charge in [0.05, 0.1) is 0 Å². The maximum Gasteiger partial charge on any atom is 0.246 e. The van der Waals surface area contributed by atoms with Crippen molar-refractivity contribution in [2.24, 2.45) is 0 Å². The lowest BCUT2D eigenvalue weighted by Gasteiger charge is -2.14. The van der Waals surface area contributed by atoms with Crippen molar-refractivity contribution in [2.75, 3.05) is 5.32 Å². The normalized spacial score (nSPS) is 10.4. The second-order valence-corrected chi connectivity index (χ2v) is 4.30. The van der Waals surface area contributed by atoms with Crippen LogP contribution >= 0.6 is 0 Å². The number of para-hydroxylation sites is 1. The zero-order valence-corrected chi connectivity index (χ0v) is 11.3. The fourth-order valence-electron chi connectivity index (χ4n) is 2.04. The number of hydrogen-bond donors (Lipinski definition) is 1. The van der Waals surface area contributed by atoms with Gasteiger partial charge in [0, 0.05) is 5.69 Å². The van der Waals surface area contributed by atoms with Gasteiger partial charge in [-0.3, -0.25) is 4.79 Å². The Bertz CT molecular complexity index is 526. The number of carbonyl (C=O) groups is 1. The summed E-state index contributed by atoms with van der Waals surface area (Å²) >= 11 is 0. The molecule has 0 saturated heterocycles. The lowest BCUT2D eigenvalue weighted by atomic mass is 10.0. The number of anilines is 1. The third kappa shape index (κ3) is 3.19. The Labute approximate surface area is 112 Å². The highest BCUT2D eigenvalue weighted by molar-refractivity contribution is 5.92. The van der Waals surface area contributed by atoms with Crippen LogP contribution in [-0.4, -0.2) is 20.7 Å². The smallest absolute Gasteiger partial charge is 0.246 e. The van der Waals surface area contributed by atoms with Crippen LogP contribution in [0.25, 0.3) is 0 Å². The van der Waals surface area contributed by atoms with Gasteiger partial charge in [0.25, 0.3) is 0 Å². The number of carbonyl (C=O) groups excluding carboxylic acids is 1. The Morgan fingerprint density at radius 1 is 1.26 bits per heavy atom. The lowest BCUT2D eigenvalue weighted by Crippen LogP contribution is -2.20. The van der Waals surface area contributed by atoms with E-state index < -0.39 is 0 Å². The van der Waals surface area contributed by atoms with Crippen molar-refractivity contribution in [3.8, 4) is 0 Å². The number of aromatic nitrogens is 3. The van der Waals surface area contributed by atoms with Gasteiger partial charge in [0.1, 0.15) is 19.2 Å². The first-order valence-corrected chi connectivity index (χ1v) is 6.47. The first kappa shape index (κ1) is 13.3. The van der Waals surface area contributed by atoms with E-state index in [1.54, 1.807) is 0 Å². The summed E-state index contributed by atoms with van der Waals surface area (Å²) in [6.45, 7) is 4.35. The van der Waals surface area contributed by atoms with Crippen molar-refractivity contribution in [3.63, 3.8) is 0 Å². The number of nitrogens with one attached hydrogen (secondary N) is 1. The second kappa shape index (κ2) is 6.13. The average Bonchev–Trinajstić information content (AvgIpc) is 2.91. The van der Waals surface area contributed by atoms with E-state index in [1.807, 2.05) is 18.2 Å². The van der Waals surface area contributed by atoms with Crippen molar-refractivity contribution in [1.29, 1.82) is 0 Å². The molecule has 0 aliphatic heterocycles. The highest BCUT2D eigenvalue weighted by Crippen LogP contribution is 2.22. The Kier molecular flexibility index (Phi) is 4.28. The van der Waals surface area contributed by atoms with Crippen LogP contribution in [0.4, 0.5) is 5.69 Å². The Morgan fingerprint density at radius 2 is 1.95 bits per heavy atom. The molecule has 1 heterocycles. The molecule has 0 atom stereocenters. The molecule has 0 radical (unpaired) electrons. The topological polar surface area (TPSA) is 59.8 Å². The predicted octanol–water partition coefficient (Wildman–Crippen LogP) is 2.04. The Morgan fingerprint density at radius 3 is 2.47 bits per heavy atom. The van der Waals surface area contributed by atoms with E-state index in [-0.39, 0.29) is 12.5 Å². The molecule has 1 aromatic carbocycles. The van der Waals surface area contributed by atoms with Crippen LogP contribution in [0.1, 0.15) is 25.0 Å². The molecule has 2 aromatic rings. The van der Waals surface area contributed by atoms with Crippen LogP contribution in [-0.2, 0) is 24.2 Å². The SMILES string of the molecule is CCc1cccc(CC)c1NC(=O)Cn1cncn1. The third-order valence-electron chi connectivity index (χ3n) is 3.04. The summed E-state index contributed by atoms with van der Waals surface area (Å²) in [4.78, 5) is 15.8. The first-order valence-electron chi connectivity index (χ1n) is 6.47. The molecule has 19 heavy (non-hydrogen) atoms. The Hall–Kier alpha value is -2.17. The van der Waals surface area contributed by atoms with Crippen molar-refractivity contribution < 1.29 is 4.79 Å². The van der Waals surface area contributed by atoms with Crippen LogP contribution in [0.5, 0.6) is 0 Å². The Balaban J connectivity index is 2.15. The first-order chi connectivity index (χ1) is 9.24. The standard InChI is InChI=1S/C14H18N4O/c1-3-11-6-5-7-12(4-2)14(11)17-13(19)8-18-10-15-9-16-18/h5-7,9-10H,3-4,8H2,1-2H3,(H,17,19). The van der Waals surface area contributed by atoms with Gasteiger partial charge >= 0.3 is 0 Å². The van der Waals surface area contributed by atoms with E-state index in [2.05, 4.69) is 29.2 Å². The van der Waals surface area contributed by atoms with Crippen molar-refractivity contribution in [2.45, 2.75) is 33.2 Å². The highest BCUT2D eigenvalue weighted by atomic mass is 16.2. The van der Waals surface area contributed by atoms with Crippen molar-refractivity contribution >= 4 is 11.6 Å². The van der Waals surface area contributed by atoms with Crippen LogP contribution in [0, 0.1) is 0 Å². The molecule has 0 spiro atoms. The zero-order chi connectivity index (χ0) is 13.7. The maximum absolute atomic E-state index is 12.0. The summed E-state index contributed by atoms with van der Waals surface area (Å²) in [5.74, 6) is -0.0823. The van der Waals surface area contributed by atoms with Gasteiger partial charge in [-0.15, -0.1) is 0 Å². The van der Waals surface area contributed by atoms with Crippen molar-refractivity contribution in [1.82, 2.24) is 14.8 Å². The van der Waals surface area contributed by atoms with Gasteiger partial charge < -0.3 is 5.32 Å². The molecule has 0 aliphatic carbocycles. The predicted molar refractivity (Wildman–Crippen MR) is 73.8 cm³/mol. The van der Waals surface area contributed by atoms with Crippen LogP contribution in [0.15, 0.2) is 30.9 Å². The second-order valence-electron chi connectivity index (χ2n) is 4.30. The molecule has 0 aliphatic rings. The van der Waals surface area contributed by atoms with Gasteiger partial charge in [-0.1, -0.05) is 32.0 Å². The summed E-state index contributed by atoms with van der Waals surface area (Å²) in [5, 5.41) is 6.92. The van der Waals surface area contributed by atoms with E-state index in [4.69, 9.17) is 0 Å². The van der Waals surface area contributed by atoms with Gasteiger partial charge in [0.2, 0.25) is 5.91 Å². The van der Waals surface area contributed by atoms with Gasteiger partial charge in [-0.25, -0.2) is 9.67 Å². The van der Waals surface area contributed by atoms with E-state index in [9.17, 15) is 4.79 Å². The molecule has 100 valence electrons. The minimum Gasteiger partial charge on any atom is -0.324 e. The fourth-order valence-corrected chi connectivity index (χ4v) is 2.04. The largest absolute Gasteiger partial charge is 0.324 e. The van der Waals surface area contributed by atoms with Gasteiger partial charge in [-0.05, 0) is 24.0 Å². The molecule has 1 amide bonds. The van der Waals surface area contributed by atoms with Gasteiger partial charge in [-0.2, -0.15) is 5.10 Å². The van der Waals surface area contributed by atoms with Crippen LogP contribution < -0.4 is 5.32 Å².